The molecule has 4 aromatic rings. The summed E-state index contributed by atoms with van der Waals surface area (Å²) in [5.74, 6) is 0.251. The molecule has 4 aromatic carbocycles. The highest BCUT2D eigenvalue weighted by atomic mass is 16.7. The molecule has 0 bridgehead atoms. The van der Waals surface area contributed by atoms with Gasteiger partial charge in [-0.1, -0.05) is 78.9 Å². The van der Waals surface area contributed by atoms with Crippen molar-refractivity contribution < 1.29 is 23.8 Å². The van der Waals surface area contributed by atoms with Crippen molar-refractivity contribution in [3.63, 3.8) is 0 Å². The van der Waals surface area contributed by atoms with E-state index in [1.54, 1.807) is 18.2 Å². The fourth-order valence-corrected chi connectivity index (χ4v) is 5.11. The van der Waals surface area contributed by atoms with Crippen molar-refractivity contribution in [1.29, 1.82) is 0 Å². The third-order valence-corrected chi connectivity index (χ3v) is 7.04. The quantitative estimate of drug-likeness (QED) is 0.226. The van der Waals surface area contributed by atoms with E-state index in [1.807, 2.05) is 91.0 Å². The van der Waals surface area contributed by atoms with Crippen LogP contribution in [0, 0.1) is 0 Å². The van der Waals surface area contributed by atoms with Gasteiger partial charge >= 0.3 is 5.97 Å². The van der Waals surface area contributed by atoms with Gasteiger partial charge in [-0.3, -0.25) is 4.79 Å². The maximum absolute atomic E-state index is 13.9. The molecule has 0 aliphatic carbocycles. The molecule has 0 unspecified atom stereocenters. The van der Waals surface area contributed by atoms with Crippen LogP contribution in [0.1, 0.15) is 39.4 Å². The predicted octanol–water partition coefficient (Wildman–Crippen LogP) is 5.76. The standard InChI is InChI=1S/C32H25NO5/c34-27(25-16-17-28-29(18-25)37-21-36-28)19-26(23-12-6-2-7-13-23)32(20-22-10-4-1-5-11-22)31(35)38-30(33-32)24-14-8-3-9-15-24/h1-18,26H,19-21H2/t26-,32-/m1/s1. The predicted molar refractivity (Wildman–Crippen MR) is 143 cm³/mol. The van der Waals surface area contributed by atoms with Gasteiger partial charge in [-0.2, -0.15) is 0 Å². The van der Waals surface area contributed by atoms with Crippen LogP contribution in [-0.4, -0.2) is 30.0 Å². The molecule has 0 amide bonds. The Balaban J connectivity index is 1.46. The lowest BCUT2D eigenvalue weighted by Crippen LogP contribution is -2.43. The summed E-state index contributed by atoms with van der Waals surface area (Å²) in [5, 5.41) is 0. The Morgan fingerprint density at radius 3 is 2.21 bits per heavy atom. The first kappa shape index (κ1) is 23.7. The van der Waals surface area contributed by atoms with Crippen LogP contribution in [-0.2, 0) is 16.0 Å². The topological polar surface area (TPSA) is 74.2 Å². The van der Waals surface area contributed by atoms with Crippen LogP contribution < -0.4 is 9.47 Å². The molecule has 2 aliphatic heterocycles. The number of Topliss-reactive ketones (excluding diaryl/α,β-unsaturated/α-hetero) is 1. The second-order valence-corrected chi connectivity index (χ2v) is 9.42. The Kier molecular flexibility index (Phi) is 6.22. The zero-order chi connectivity index (χ0) is 26.0. The van der Waals surface area contributed by atoms with Gasteiger partial charge < -0.3 is 14.2 Å². The first-order valence-electron chi connectivity index (χ1n) is 12.5. The highest BCUT2D eigenvalue weighted by Gasteiger charge is 2.53. The van der Waals surface area contributed by atoms with Crippen LogP contribution in [0.25, 0.3) is 0 Å². The Morgan fingerprint density at radius 2 is 1.47 bits per heavy atom. The van der Waals surface area contributed by atoms with Crippen molar-refractivity contribution in [2.75, 3.05) is 6.79 Å². The maximum Gasteiger partial charge on any atom is 0.341 e. The molecule has 0 radical (unpaired) electrons. The van der Waals surface area contributed by atoms with Gasteiger partial charge in [-0.25, -0.2) is 9.79 Å². The average Bonchev–Trinajstić information content (AvgIpc) is 3.57. The van der Waals surface area contributed by atoms with Gasteiger partial charge in [-0.15, -0.1) is 0 Å². The first-order chi connectivity index (χ1) is 18.6. The molecule has 2 heterocycles. The number of hydrogen-bond donors (Lipinski definition) is 0. The molecule has 6 nitrogen and oxygen atoms in total. The maximum atomic E-state index is 13.9. The minimum atomic E-state index is -1.33. The van der Waals surface area contributed by atoms with Gasteiger partial charge in [0.2, 0.25) is 12.7 Å². The molecule has 0 N–H and O–H groups in total. The molecule has 0 saturated carbocycles. The van der Waals surface area contributed by atoms with Crippen molar-refractivity contribution in [2.24, 2.45) is 4.99 Å². The van der Waals surface area contributed by atoms with Crippen LogP contribution in [0.5, 0.6) is 11.5 Å². The van der Waals surface area contributed by atoms with E-state index in [2.05, 4.69) is 0 Å². The summed E-state index contributed by atoms with van der Waals surface area (Å²) in [6.07, 6.45) is 0.341. The summed E-state index contributed by atoms with van der Waals surface area (Å²) in [7, 11) is 0. The number of cyclic esters (lactones) is 1. The fraction of sp³-hybridized carbons (Fsp3) is 0.156. The van der Waals surface area contributed by atoms with E-state index in [1.165, 1.54) is 0 Å². The zero-order valence-corrected chi connectivity index (χ0v) is 20.6. The second kappa shape index (κ2) is 9.98. The number of ether oxygens (including phenoxy) is 3. The van der Waals surface area contributed by atoms with Crippen molar-refractivity contribution in [1.82, 2.24) is 0 Å². The van der Waals surface area contributed by atoms with Gasteiger partial charge in [0.05, 0.1) is 0 Å². The Labute approximate surface area is 220 Å². The molecule has 0 aromatic heterocycles. The summed E-state index contributed by atoms with van der Waals surface area (Å²) in [6, 6.07) is 33.9. The molecule has 6 rings (SSSR count). The molecular weight excluding hydrogens is 478 g/mol. The van der Waals surface area contributed by atoms with E-state index in [9.17, 15) is 9.59 Å². The normalized spacial score (nSPS) is 18.5. The molecular formula is C32H25NO5. The van der Waals surface area contributed by atoms with Crippen molar-refractivity contribution in [3.8, 4) is 11.5 Å². The second-order valence-electron chi connectivity index (χ2n) is 9.42. The molecule has 0 spiro atoms. The Hall–Kier alpha value is -4.71. The number of esters is 1. The minimum absolute atomic E-state index is 0.0527. The molecule has 0 saturated heterocycles. The molecule has 2 aliphatic rings. The highest BCUT2D eigenvalue weighted by molar-refractivity contribution is 6.09. The summed E-state index contributed by atoms with van der Waals surface area (Å²) in [4.78, 5) is 32.6. The van der Waals surface area contributed by atoms with Crippen LogP contribution in [0.15, 0.2) is 114 Å². The zero-order valence-electron chi connectivity index (χ0n) is 20.6. The number of nitrogens with zero attached hydrogens (tertiary/aromatic N) is 1. The number of fused-ring (bicyclic) bond motifs is 1. The van der Waals surface area contributed by atoms with Crippen LogP contribution in [0.2, 0.25) is 0 Å². The van der Waals surface area contributed by atoms with E-state index in [0.29, 0.717) is 22.6 Å². The third kappa shape index (κ3) is 4.45. The lowest BCUT2D eigenvalue weighted by molar-refractivity contribution is -0.139. The fourth-order valence-electron chi connectivity index (χ4n) is 5.11. The van der Waals surface area contributed by atoms with Gasteiger partial charge in [-0.05, 0) is 41.5 Å². The van der Waals surface area contributed by atoms with Crippen molar-refractivity contribution in [3.05, 3.63) is 131 Å². The lowest BCUT2D eigenvalue weighted by Gasteiger charge is -2.32. The van der Waals surface area contributed by atoms with Gasteiger partial charge in [0.25, 0.3) is 0 Å². The minimum Gasteiger partial charge on any atom is -0.454 e. The van der Waals surface area contributed by atoms with Crippen LogP contribution >= 0.6 is 0 Å². The SMILES string of the molecule is O=C(C[C@H](c1ccccc1)[C@@]1(Cc2ccccc2)N=C(c2ccccc2)OC1=O)c1ccc2c(c1)OCO2. The van der Waals surface area contributed by atoms with E-state index in [0.717, 1.165) is 11.1 Å². The number of carbonyl (C=O) groups excluding carboxylic acids is 2. The smallest absolute Gasteiger partial charge is 0.341 e. The van der Waals surface area contributed by atoms with Gasteiger partial charge in [0, 0.05) is 29.9 Å². The highest BCUT2D eigenvalue weighted by Crippen LogP contribution is 2.43. The first-order valence-corrected chi connectivity index (χ1v) is 12.5. The number of rotatable bonds is 8. The third-order valence-electron chi connectivity index (χ3n) is 7.04. The number of carbonyl (C=O) groups is 2. The monoisotopic (exact) mass is 503 g/mol. The Morgan fingerprint density at radius 1 is 0.816 bits per heavy atom. The van der Waals surface area contributed by atoms with Gasteiger partial charge in [0.1, 0.15) is 0 Å². The van der Waals surface area contributed by atoms with E-state index in [-0.39, 0.29) is 31.3 Å². The van der Waals surface area contributed by atoms with E-state index >= 15 is 0 Å². The molecule has 6 heteroatoms. The van der Waals surface area contributed by atoms with Gasteiger partial charge in [0.15, 0.2) is 22.8 Å². The summed E-state index contributed by atoms with van der Waals surface area (Å²) < 4.78 is 16.7. The van der Waals surface area contributed by atoms with Crippen LogP contribution in [0.4, 0.5) is 0 Å². The largest absolute Gasteiger partial charge is 0.454 e. The Bertz CT molecular complexity index is 1500. The van der Waals surface area contributed by atoms with Crippen molar-refractivity contribution >= 4 is 17.7 Å². The number of hydrogen-bond acceptors (Lipinski definition) is 6. The summed E-state index contributed by atoms with van der Waals surface area (Å²) >= 11 is 0. The molecule has 0 fully saturated rings. The average molecular weight is 504 g/mol. The van der Waals surface area contributed by atoms with Crippen LogP contribution in [0.3, 0.4) is 0 Å². The molecule has 188 valence electrons. The molecule has 2 atom stereocenters. The number of ketones is 1. The lowest BCUT2D eigenvalue weighted by atomic mass is 9.73. The van der Waals surface area contributed by atoms with E-state index in [4.69, 9.17) is 19.2 Å². The van der Waals surface area contributed by atoms with Crippen molar-refractivity contribution in [2.45, 2.75) is 24.3 Å². The summed E-state index contributed by atoms with van der Waals surface area (Å²) in [5.41, 5.74) is 1.64. The number of benzene rings is 4. The summed E-state index contributed by atoms with van der Waals surface area (Å²) in [6.45, 7) is 0.128. The van der Waals surface area contributed by atoms with E-state index < -0.39 is 17.4 Å². The number of aliphatic imine (C=N–C) groups is 1. The molecule has 38 heavy (non-hydrogen) atoms.